The van der Waals surface area contributed by atoms with Crippen LogP contribution in [0.1, 0.15) is 46.7 Å². The number of carbonyl (C=O) groups excluding carboxylic acids is 1. The Hall–Kier alpha value is -4.15. The SMILES string of the molecule is O=C(C[C@@H]1C[C@H]1c1cn(C(c2ccccc2)(c2ccccc2)c2ccccc2)cn1)NCc1ccc(Cl)cc1. The minimum atomic E-state index is -0.574. The number of hydrogen-bond donors (Lipinski definition) is 1. The molecule has 4 nitrogen and oxygen atoms in total. The summed E-state index contributed by atoms with van der Waals surface area (Å²) in [6.45, 7) is 0.510. The van der Waals surface area contributed by atoms with Gasteiger partial charge in [0.15, 0.2) is 0 Å². The van der Waals surface area contributed by atoms with Crippen LogP contribution in [0.15, 0.2) is 128 Å². The molecule has 6 rings (SSSR count). The number of imidazole rings is 1. The molecule has 39 heavy (non-hydrogen) atoms. The van der Waals surface area contributed by atoms with Crippen molar-refractivity contribution in [3.63, 3.8) is 0 Å². The number of amides is 1. The summed E-state index contributed by atoms with van der Waals surface area (Å²) in [4.78, 5) is 17.6. The zero-order chi connectivity index (χ0) is 26.7. The molecule has 1 heterocycles. The van der Waals surface area contributed by atoms with Gasteiger partial charge in [-0.25, -0.2) is 4.98 Å². The van der Waals surface area contributed by atoms with Crippen molar-refractivity contribution in [2.75, 3.05) is 0 Å². The Morgan fingerprint density at radius 3 is 1.90 bits per heavy atom. The van der Waals surface area contributed by atoms with E-state index < -0.39 is 5.54 Å². The number of rotatable bonds is 9. The van der Waals surface area contributed by atoms with E-state index in [1.807, 2.05) is 30.6 Å². The molecule has 5 heteroatoms. The summed E-state index contributed by atoms with van der Waals surface area (Å²) in [7, 11) is 0. The smallest absolute Gasteiger partial charge is 0.220 e. The van der Waals surface area contributed by atoms with Crippen molar-refractivity contribution in [2.24, 2.45) is 5.92 Å². The summed E-state index contributed by atoms with van der Waals surface area (Å²) in [5.41, 5.74) is 5.01. The number of nitrogens with one attached hydrogen (secondary N) is 1. The van der Waals surface area contributed by atoms with E-state index in [-0.39, 0.29) is 11.8 Å². The molecular formula is C34H30ClN3O. The maximum atomic E-state index is 12.7. The van der Waals surface area contributed by atoms with Gasteiger partial charge in [0.25, 0.3) is 0 Å². The molecule has 1 amide bonds. The van der Waals surface area contributed by atoms with Crippen molar-refractivity contribution < 1.29 is 4.79 Å². The molecule has 0 unspecified atom stereocenters. The van der Waals surface area contributed by atoms with Crippen LogP contribution in [0.5, 0.6) is 0 Å². The van der Waals surface area contributed by atoms with E-state index in [2.05, 4.69) is 107 Å². The zero-order valence-corrected chi connectivity index (χ0v) is 22.3. The number of aromatic nitrogens is 2. The maximum absolute atomic E-state index is 12.7. The van der Waals surface area contributed by atoms with E-state index in [0.717, 1.165) is 17.7 Å². The van der Waals surface area contributed by atoms with Crippen LogP contribution in [-0.2, 0) is 16.9 Å². The predicted molar refractivity (Wildman–Crippen MR) is 156 cm³/mol. The van der Waals surface area contributed by atoms with Crippen LogP contribution in [0.2, 0.25) is 5.02 Å². The topological polar surface area (TPSA) is 46.9 Å². The lowest BCUT2D eigenvalue weighted by Crippen LogP contribution is -2.36. The molecule has 1 aliphatic rings. The Bertz CT molecular complexity index is 1440. The van der Waals surface area contributed by atoms with Gasteiger partial charge in [-0.2, -0.15) is 0 Å². The fourth-order valence-corrected chi connectivity index (χ4v) is 5.77. The minimum absolute atomic E-state index is 0.0732. The number of halogens is 1. The highest BCUT2D eigenvalue weighted by Gasteiger charge is 2.43. The summed E-state index contributed by atoms with van der Waals surface area (Å²) in [6, 6.07) is 39.4. The third kappa shape index (κ3) is 5.13. The molecule has 1 fully saturated rings. The van der Waals surface area contributed by atoms with Gasteiger partial charge in [-0.05, 0) is 46.7 Å². The molecule has 1 aromatic heterocycles. The van der Waals surface area contributed by atoms with Crippen molar-refractivity contribution in [2.45, 2.75) is 30.8 Å². The minimum Gasteiger partial charge on any atom is -0.352 e. The van der Waals surface area contributed by atoms with Gasteiger partial charge in [-0.15, -0.1) is 0 Å². The predicted octanol–water partition coefficient (Wildman–Crippen LogP) is 7.19. The molecule has 2 atom stereocenters. The van der Waals surface area contributed by atoms with Gasteiger partial charge in [-0.3, -0.25) is 4.79 Å². The lowest BCUT2D eigenvalue weighted by Gasteiger charge is -2.37. The van der Waals surface area contributed by atoms with Gasteiger partial charge in [0.1, 0.15) is 5.54 Å². The van der Waals surface area contributed by atoms with E-state index in [9.17, 15) is 4.79 Å². The molecule has 1 saturated carbocycles. The normalized spacial score (nSPS) is 16.5. The van der Waals surface area contributed by atoms with Gasteiger partial charge < -0.3 is 9.88 Å². The third-order valence-corrected chi connectivity index (χ3v) is 7.97. The van der Waals surface area contributed by atoms with Gasteiger partial charge >= 0.3 is 0 Å². The molecule has 0 spiro atoms. The van der Waals surface area contributed by atoms with Crippen molar-refractivity contribution in [3.05, 3.63) is 161 Å². The van der Waals surface area contributed by atoms with Crippen molar-refractivity contribution in [1.29, 1.82) is 0 Å². The van der Waals surface area contributed by atoms with Crippen LogP contribution in [0.4, 0.5) is 0 Å². The summed E-state index contributed by atoms with van der Waals surface area (Å²) >= 11 is 5.96. The number of carbonyl (C=O) groups is 1. The highest BCUT2D eigenvalue weighted by Crippen LogP contribution is 2.50. The molecule has 0 bridgehead atoms. The molecule has 4 aromatic carbocycles. The average molecular weight is 532 g/mol. The second-order valence-corrected chi connectivity index (χ2v) is 10.7. The quantitative estimate of drug-likeness (QED) is 0.205. The summed E-state index contributed by atoms with van der Waals surface area (Å²) in [6.07, 6.45) is 5.62. The van der Waals surface area contributed by atoms with Crippen LogP contribution >= 0.6 is 11.6 Å². The Morgan fingerprint density at radius 1 is 0.821 bits per heavy atom. The van der Waals surface area contributed by atoms with E-state index in [1.165, 1.54) is 16.7 Å². The second kappa shape index (κ2) is 10.9. The molecule has 0 saturated heterocycles. The van der Waals surface area contributed by atoms with Crippen LogP contribution in [-0.4, -0.2) is 15.5 Å². The summed E-state index contributed by atoms with van der Waals surface area (Å²) < 4.78 is 2.25. The number of benzene rings is 4. The van der Waals surface area contributed by atoms with Crippen LogP contribution in [0.3, 0.4) is 0 Å². The highest BCUT2D eigenvalue weighted by atomic mass is 35.5. The number of nitrogens with zero attached hydrogens (tertiary/aromatic N) is 2. The molecule has 1 N–H and O–H groups in total. The Balaban J connectivity index is 1.26. The van der Waals surface area contributed by atoms with Gasteiger partial charge in [-0.1, -0.05) is 115 Å². The number of hydrogen-bond acceptors (Lipinski definition) is 2. The highest BCUT2D eigenvalue weighted by molar-refractivity contribution is 6.30. The Kier molecular flexibility index (Phi) is 7.04. The summed E-state index contributed by atoms with van der Waals surface area (Å²) in [5.74, 6) is 0.662. The van der Waals surface area contributed by atoms with Crippen molar-refractivity contribution in [1.82, 2.24) is 14.9 Å². The fraction of sp³-hybridized carbons (Fsp3) is 0.176. The van der Waals surface area contributed by atoms with Gasteiger partial charge in [0.05, 0.1) is 12.0 Å². The lowest BCUT2D eigenvalue weighted by atomic mass is 9.77. The molecule has 194 valence electrons. The van der Waals surface area contributed by atoms with Crippen molar-refractivity contribution in [3.8, 4) is 0 Å². The fourth-order valence-electron chi connectivity index (χ4n) is 5.65. The lowest BCUT2D eigenvalue weighted by molar-refractivity contribution is -0.121. The van der Waals surface area contributed by atoms with Gasteiger partial charge in [0.2, 0.25) is 5.91 Å². The van der Waals surface area contributed by atoms with Crippen molar-refractivity contribution >= 4 is 17.5 Å². The average Bonchev–Trinajstić information content (AvgIpc) is 3.57. The van der Waals surface area contributed by atoms with Gasteiger partial charge in [0, 0.05) is 30.1 Å². The first-order valence-electron chi connectivity index (χ1n) is 13.4. The monoisotopic (exact) mass is 531 g/mol. The maximum Gasteiger partial charge on any atom is 0.220 e. The summed E-state index contributed by atoms with van der Waals surface area (Å²) in [5, 5.41) is 3.74. The van der Waals surface area contributed by atoms with E-state index in [0.29, 0.717) is 23.9 Å². The molecular weight excluding hydrogens is 502 g/mol. The van der Waals surface area contributed by atoms with E-state index in [4.69, 9.17) is 16.6 Å². The molecule has 1 aliphatic carbocycles. The first-order chi connectivity index (χ1) is 19.1. The molecule has 0 radical (unpaired) electrons. The first kappa shape index (κ1) is 25.1. The zero-order valence-electron chi connectivity index (χ0n) is 21.6. The van der Waals surface area contributed by atoms with E-state index >= 15 is 0 Å². The van der Waals surface area contributed by atoms with Crippen LogP contribution in [0, 0.1) is 5.92 Å². The molecule has 0 aliphatic heterocycles. The second-order valence-electron chi connectivity index (χ2n) is 10.2. The standard InChI is InChI=1S/C34H30ClN3O/c35-30-18-16-25(17-19-30)22-36-33(39)21-26-20-31(26)32-23-38(24-37-32)34(27-10-4-1-5-11-27,28-12-6-2-7-13-28)29-14-8-3-9-15-29/h1-19,23-24,26,31H,20-22H2,(H,36,39)/t26-,31+/m0/s1. The molecule has 5 aromatic rings. The van der Waals surface area contributed by atoms with Crippen LogP contribution in [0.25, 0.3) is 0 Å². The van der Waals surface area contributed by atoms with Crippen LogP contribution < -0.4 is 5.32 Å². The Labute approximate surface area is 234 Å². The largest absolute Gasteiger partial charge is 0.352 e. The third-order valence-electron chi connectivity index (χ3n) is 7.72. The Morgan fingerprint density at radius 2 is 1.36 bits per heavy atom. The first-order valence-corrected chi connectivity index (χ1v) is 13.7. The van der Waals surface area contributed by atoms with E-state index in [1.54, 1.807) is 0 Å².